The number of rotatable bonds is 6. The zero-order chi connectivity index (χ0) is 21.2. The van der Waals surface area contributed by atoms with Crippen molar-refractivity contribution in [1.82, 2.24) is 0 Å². The van der Waals surface area contributed by atoms with E-state index >= 15 is 0 Å². The fraction of sp³-hybridized carbons (Fsp3) is 0.318. The Balaban J connectivity index is 2.18. The highest BCUT2D eigenvalue weighted by molar-refractivity contribution is 5.79. The molecule has 0 aliphatic rings. The molecule has 0 bridgehead atoms. The van der Waals surface area contributed by atoms with Crippen LogP contribution in [-0.2, 0) is 6.18 Å². The van der Waals surface area contributed by atoms with E-state index in [-0.39, 0.29) is 22.6 Å². The molecule has 1 heterocycles. The molecule has 0 fully saturated rings. The highest BCUT2D eigenvalue weighted by atomic mass is 19.4. The number of hydrogen-bond acceptors (Lipinski definition) is 4. The topological polar surface area (TPSA) is 48.7 Å². The van der Waals surface area contributed by atoms with Crippen LogP contribution in [0.15, 0.2) is 51.7 Å². The molecular formula is C22H21F3O4. The van der Waals surface area contributed by atoms with Crippen molar-refractivity contribution in [3.63, 3.8) is 0 Å². The summed E-state index contributed by atoms with van der Waals surface area (Å²) >= 11 is 0. The molecule has 4 nitrogen and oxygen atoms in total. The minimum atomic E-state index is -4.91. The van der Waals surface area contributed by atoms with Crippen LogP contribution in [0.3, 0.4) is 0 Å². The first-order valence-corrected chi connectivity index (χ1v) is 9.30. The molecule has 0 N–H and O–H groups in total. The smallest absolute Gasteiger partial charge is 0.453 e. The first-order valence-electron chi connectivity index (χ1n) is 9.30. The monoisotopic (exact) mass is 406 g/mol. The fourth-order valence-electron chi connectivity index (χ4n) is 2.91. The maximum Gasteiger partial charge on any atom is 0.453 e. The van der Waals surface area contributed by atoms with Crippen molar-refractivity contribution in [3.8, 4) is 17.2 Å². The van der Waals surface area contributed by atoms with Crippen LogP contribution in [-0.4, -0.2) is 6.61 Å². The number of para-hydroxylation sites is 1. The lowest BCUT2D eigenvalue weighted by Crippen LogP contribution is -2.16. The van der Waals surface area contributed by atoms with Gasteiger partial charge in [-0.05, 0) is 36.1 Å². The van der Waals surface area contributed by atoms with Gasteiger partial charge in [0, 0.05) is 6.07 Å². The molecule has 0 spiro atoms. The van der Waals surface area contributed by atoms with Gasteiger partial charge >= 0.3 is 6.18 Å². The van der Waals surface area contributed by atoms with Crippen LogP contribution in [0.1, 0.15) is 44.4 Å². The number of fused-ring (bicyclic) bond motifs is 1. The third-order valence-corrected chi connectivity index (χ3v) is 4.31. The van der Waals surface area contributed by atoms with Gasteiger partial charge in [-0.15, -0.1) is 0 Å². The Morgan fingerprint density at radius 2 is 1.83 bits per heavy atom. The van der Waals surface area contributed by atoms with E-state index in [1.165, 1.54) is 24.3 Å². The van der Waals surface area contributed by atoms with Crippen LogP contribution in [0, 0.1) is 0 Å². The molecule has 0 unspecified atom stereocenters. The van der Waals surface area contributed by atoms with Gasteiger partial charge in [0.1, 0.15) is 17.1 Å². The minimum absolute atomic E-state index is 0.00805. The molecule has 0 radical (unpaired) electrons. The predicted octanol–water partition coefficient (Wildman–Crippen LogP) is 6.52. The summed E-state index contributed by atoms with van der Waals surface area (Å²) in [7, 11) is 0. The SMILES string of the molecule is CCCOc1ccc2c(=O)c(Oc3ccccc3C(C)C)c(C(F)(F)F)oc2c1. The number of halogens is 3. The summed E-state index contributed by atoms with van der Waals surface area (Å²) in [4.78, 5) is 12.9. The lowest BCUT2D eigenvalue weighted by Gasteiger charge is -2.16. The zero-order valence-corrected chi connectivity index (χ0v) is 16.3. The van der Waals surface area contributed by atoms with E-state index in [4.69, 9.17) is 13.9 Å². The summed E-state index contributed by atoms with van der Waals surface area (Å²) in [6, 6.07) is 10.9. The van der Waals surface area contributed by atoms with Gasteiger partial charge in [-0.1, -0.05) is 39.0 Å². The standard InChI is InChI=1S/C22H21F3O4/c1-4-11-27-14-9-10-16-18(12-14)29-21(22(23,24)25)20(19(16)26)28-17-8-6-5-7-15(17)13(2)3/h5-10,12-13H,4,11H2,1-3H3. The molecule has 0 aliphatic carbocycles. The number of ether oxygens (including phenoxy) is 2. The van der Waals surface area contributed by atoms with Crippen LogP contribution < -0.4 is 14.9 Å². The Labute approximate surface area is 165 Å². The summed E-state index contributed by atoms with van der Waals surface area (Å²) < 4.78 is 57.1. The average molecular weight is 406 g/mol. The van der Waals surface area contributed by atoms with Gasteiger partial charge in [0.25, 0.3) is 5.76 Å². The van der Waals surface area contributed by atoms with Gasteiger partial charge in [-0.3, -0.25) is 4.79 Å². The van der Waals surface area contributed by atoms with Crippen molar-refractivity contribution in [1.29, 1.82) is 0 Å². The number of alkyl halides is 3. The number of benzene rings is 2. The summed E-state index contributed by atoms with van der Waals surface area (Å²) in [5.74, 6) is -1.84. The third-order valence-electron chi connectivity index (χ3n) is 4.31. The largest absolute Gasteiger partial charge is 0.493 e. The van der Waals surface area contributed by atoms with Crippen molar-refractivity contribution < 1.29 is 27.1 Å². The molecule has 0 amide bonds. The van der Waals surface area contributed by atoms with E-state index in [9.17, 15) is 18.0 Å². The van der Waals surface area contributed by atoms with Crippen molar-refractivity contribution in [2.45, 2.75) is 39.3 Å². The van der Waals surface area contributed by atoms with Crippen molar-refractivity contribution >= 4 is 11.0 Å². The maximum absolute atomic E-state index is 13.7. The van der Waals surface area contributed by atoms with Crippen LogP contribution in [0.5, 0.6) is 17.2 Å². The van der Waals surface area contributed by atoms with Crippen molar-refractivity contribution in [2.75, 3.05) is 6.61 Å². The van der Waals surface area contributed by atoms with E-state index < -0.39 is 23.1 Å². The van der Waals surface area contributed by atoms with Crippen LogP contribution >= 0.6 is 0 Å². The zero-order valence-electron chi connectivity index (χ0n) is 16.3. The quantitative estimate of drug-likeness (QED) is 0.468. The highest BCUT2D eigenvalue weighted by Crippen LogP contribution is 2.40. The number of hydrogen-bond donors (Lipinski definition) is 0. The Morgan fingerprint density at radius 1 is 1.10 bits per heavy atom. The van der Waals surface area contributed by atoms with Gasteiger partial charge in [0.2, 0.25) is 11.2 Å². The van der Waals surface area contributed by atoms with E-state index in [1.54, 1.807) is 18.2 Å². The summed E-state index contributed by atoms with van der Waals surface area (Å²) in [5.41, 5.74) is -0.414. The van der Waals surface area contributed by atoms with E-state index in [0.717, 1.165) is 6.42 Å². The van der Waals surface area contributed by atoms with Gasteiger partial charge in [0.15, 0.2) is 0 Å². The molecule has 29 heavy (non-hydrogen) atoms. The normalized spacial score (nSPS) is 11.8. The van der Waals surface area contributed by atoms with Gasteiger partial charge in [-0.25, -0.2) is 0 Å². The molecular weight excluding hydrogens is 385 g/mol. The second-order valence-electron chi connectivity index (χ2n) is 6.89. The molecule has 0 saturated heterocycles. The minimum Gasteiger partial charge on any atom is -0.493 e. The molecule has 2 aromatic carbocycles. The molecule has 154 valence electrons. The van der Waals surface area contributed by atoms with Crippen LogP contribution in [0.25, 0.3) is 11.0 Å². The maximum atomic E-state index is 13.7. The predicted molar refractivity (Wildman–Crippen MR) is 104 cm³/mol. The Morgan fingerprint density at radius 3 is 2.48 bits per heavy atom. The second-order valence-corrected chi connectivity index (χ2v) is 6.89. The lowest BCUT2D eigenvalue weighted by molar-refractivity contribution is -0.154. The second kappa shape index (κ2) is 8.19. The molecule has 0 atom stereocenters. The van der Waals surface area contributed by atoms with Gasteiger partial charge in [-0.2, -0.15) is 13.2 Å². The average Bonchev–Trinajstić information content (AvgIpc) is 2.67. The fourth-order valence-corrected chi connectivity index (χ4v) is 2.91. The molecule has 3 aromatic rings. The molecule has 0 aliphatic heterocycles. The summed E-state index contributed by atoms with van der Waals surface area (Å²) in [6.07, 6.45) is -4.17. The van der Waals surface area contributed by atoms with Gasteiger partial charge < -0.3 is 13.9 Å². The van der Waals surface area contributed by atoms with Crippen LogP contribution in [0.2, 0.25) is 0 Å². The molecule has 0 saturated carbocycles. The summed E-state index contributed by atoms with van der Waals surface area (Å²) in [5, 5.41) is -0.0149. The molecule has 7 heteroatoms. The lowest BCUT2D eigenvalue weighted by atomic mass is 10.0. The summed E-state index contributed by atoms with van der Waals surface area (Å²) in [6.45, 7) is 6.07. The third kappa shape index (κ3) is 4.39. The van der Waals surface area contributed by atoms with Crippen LogP contribution in [0.4, 0.5) is 13.2 Å². The van der Waals surface area contributed by atoms with Crippen molar-refractivity contribution in [3.05, 3.63) is 64.0 Å². The van der Waals surface area contributed by atoms with E-state index in [1.807, 2.05) is 20.8 Å². The highest BCUT2D eigenvalue weighted by Gasteiger charge is 2.40. The Hall–Kier alpha value is -2.96. The van der Waals surface area contributed by atoms with E-state index in [0.29, 0.717) is 17.9 Å². The van der Waals surface area contributed by atoms with Gasteiger partial charge in [0.05, 0.1) is 12.0 Å². The first kappa shape index (κ1) is 20.8. The molecule has 1 aromatic heterocycles. The first-order chi connectivity index (χ1) is 13.7. The Bertz CT molecular complexity index is 1070. The van der Waals surface area contributed by atoms with E-state index in [2.05, 4.69) is 0 Å². The van der Waals surface area contributed by atoms with Crippen molar-refractivity contribution in [2.24, 2.45) is 0 Å². The molecule has 3 rings (SSSR count). The Kier molecular flexibility index (Phi) is 5.86.